The molecule has 6 heteroatoms. The predicted molar refractivity (Wildman–Crippen MR) is 74.6 cm³/mol. The third-order valence-corrected chi connectivity index (χ3v) is 3.66. The second-order valence-electron chi connectivity index (χ2n) is 5.56. The Morgan fingerprint density at radius 2 is 1.91 bits per heavy atom. The van der Waals surface area contributed by atoms with Gasteiger partial charge in [0, 0.05) is 12.1 Å². The molecule has 0 spiro atoms. The van der Waals surface area contributed by atoms with Gasteiger partial charge in [0.25, 0.3) is 0 Å². The number of hydrogen-bond donors (Lipinski definition) is 0. The molecule has 1 aromatic heterocycles. The average molecular weight is 311 g/mol. The number of nitrogens with zero attached hydrogens (tertiary/aromatic N) is 1. The van der Waals surface area contributed by atoms with Gasteiger partial charge in [-0.25, -0.2) is 0 Å². The molecule has 0 aliphatic carbocycles. The molecular weight excluding hydrogens is 295 g/mol. The quantitative estimate of drug-likeness (QED) is 0.832. The molecule has 1 aliphatic rings. The van der Waals surface area contributed by atoms with Gasteiger partial charge in [-0.05, 0) is 44.3 Å². The third kappa shape index (κ3) is 2.97. The average Bonchev–Trinajstić information content (AvgIpc) is 2.78. The summed E-state index contributed by atoms with van der Waals surface area (Å²) in [5.74, 6) is 2.07. The molecule has 0 fully saturated rings. The predicted octanol–water partition coefficient (Wildman–Crippen LogP) is 4.17. The Kier molecular flexibility index (Phi) is 3.64. The molecule has 0 bridgehead atoms. The number of aryl methyl sites for hydroxylation is 1. The molecule has 1 aromatic carbocycles. The zero-order chi connectivity index (χ0) is 15.9. The van der Waals surface area contributed by atoms with Gasteiger partial charge in [-0.15, -0.1) is 0 Å². The van der Waals surface area contributed by atoms with E-state index in [0.717, 1.165) is 29.2 Å². The van der Waals surface area contributed by atoms with Crippen molar-refractivity contribution in [1.29, 1.82) is 0 Å². The zero-order valence-electron chi connectivity index (χ0n) is 12.3. The topological polar surface area (TPSA) is 25.6 Å². The first-order valence-corrected chi connectivity index (χ1v) is 6.94. The van der Waals surface area contributed by atoms with Crippen molar-refractivity contribution in [3.8, 4) is 5.75 Å². The van der Waals surface area contributed by atoms with Crippen molar-refractivity contribution < 1.29 is 22.3 Å². The van der Waals surface area contributed by atoms with Crippen LogP contribution in [0.2, 0.25) is 0 Å². The molecule has 118 valence electrons. The second-order valence-corrected chi connectivity index (χ2v) is 5.56. The maximum absolute atomic E-state index is 12.6. The summed E-state index contributed by atoms with van der Waals surface area (Å²) in [6, 6.07) is 6.69. The van der Waals surface area contributed by atoms with Crippen LogP contribution in [-0.4, -0.2) is 18.5 Å². The summed E-state index contributed by atoms with van der Waals surface area (Å²) in [4.78, 5) is 2.06. The third-order valence-electron chi connectivity index (χ3n) is 3.66. The van der Waals surface area contributed by atoms with Crippen molar-refractivity contribution in [2.24, 2.45) is 0 Å². The highest BCUT2D eigenvalue weighted by atomic mass is 19.4. The van der Waals surface area contributed by atoms with Crippen molar-refractivity contribution in [2.75, 3.05) is 13.6 Å². The SMILES string of the molecule is Cc1cc2c(o1)CN(C)CC2Oc1ccc(C(F)(F)F)cc1. The number of fused-ring (bicyclic) bond motifs is 1. The number of likely N-dealkylation sites (N-methyl/N-ethyl adjacent to an activating group) is 1. The lowest BCUT2D eigenvalue weighted by atomic mass is 10.1. The van der Waals surface area contributed by atoms with E-state index in [2.05, 4.69) is 4.90 Å². The zero-order valence-corrected chi connectivity index (χ0v) is 12.3. The van der Waals surface area contributed by atoms with Gasteiger partial charge in [-0.1, -0.05) is 0 Å². The highest BCUT2D eigenvalue weighted by Gasteiger charge is 2.31. The van der Waals surface area contributed by atoms with Gasteiger partial charge >= 0.3 is 6.18 Å². The standard InChI is InChI=1S/C16H16F3NO2/c1-10-7-13-14(21-10)8-20(2)9-15(13)22-12-5-3-11(4-6-12)16(17,18)19/h3-7,15H,8-9H2,1-2H3. The molecule has 1 aliphatic heterocycles. The fourth-order valence-electron chi connectivity index (χ4n) is 2.66. The van der Waals surface area contributed by atoms with Gasteiger partial charge < -0.3 is 9.15 Å². The molecule has 22 heavy (non-hydrogen) atoms. The summed E-state index contributed by atoms with van der Waals surface area (Å²) >= 11 is 0. The minimum atomic E-state index is -4.33. The normalized spacial score (nSPS) is 19.0. The number of ether oxygens (including phenoxy) is 1. The number of alkyl halides is 3. The summed E-state index contributed by atoms with van der Waals surface area (Å²) in [6.07, 6.45) is -4.58. The van der Waals surface area contributed by atoms with E-state index in [1.165, 1.54) is 12.1 Å². The van der Waals surface area contributed by atoms with E-state index in [1.807, 2.05) is 20.0 Å². The number of rotatable bonds is 2. The van der Waals surface area contributed by atoms with Crippen LogP contribution in [0, 0.1) is 6.92 Å². The Morgan fingerprint density at radius 3 is 2.55 bits per heavy atom. The van der Waals surface area contributed by atoms with Crippen LogP contribution in [0.15, 0.2) is 34.7 Å². The van der Waals surface area contributed by atoms with Crippen LogP contribution < -0.4 is 4.74 Å². The maximum atomic E-state index is 12.6. The first kappa shape index (κ1) is 15.0. The van der Waals surface area contributed by atoms with E-state index in [0.29, 0.717) is 18.8 Å². The highest BCUT2D eigenvalue weighted by Crippen LogP contribution is 2.34. The van der Waals surface area contributed by atoms with E-state index in [9.17, 15) is 13.2 Å². The van der Waals surface area contributed by atoms with Crippen molar-refractivity contribution in [1.82, 2.24) is 4.90 Å². The van der Waals surface area contributed by atoms with Gasteiger partial charge in [-0.3, -0.25) is 4.90 Å². The van der Waals surface area contributed by atoms with E-state index in [-0.39, 0.29) is 6.10 Å². The fourth-order valence-corrected chi connectivity index (χ4v) is 2.66. The smallest absolute Gasteiger partial charge is 0.416 e. The van der Waals surface area contributed by atoms with Gasteiger partial charge in [0.05, 0.1) is 12.1 Å². The van der Waals surface area contributed by atoms with Crippen LogP contribution in [0.3, 0.4) is 0 Å². The number of benzene rings is 1. The van der Waals surface area contributed by atoms with Crippen LogP contribution in [0.25, 0.3) is 0 Å². The summed E-state index contributed by atoms with van der Waals surface area (Å²) in [5.41, 5.74) is 0.288. The highest BCUT2D eigenvalue weighted by molar-refractivity contribution is 5.32. The number of hydrogen-bond acceptors (Lipinski definition) is 3. The lowest BCUT2D eigenvalue weighted by Crippen LogP contribution is -2.32. The van der Waals surface area contributed by atoms with E-state index >= 15 is 0 Å². The van der Waals surface area contributed by atoms with E-state index < -0.39 is 11.7 Å². The second kappa shape index (κ2) is 5.35. The minimum Gasteiger partial charge on any atom is -0.484 e. The van der Waals surface area contributed by atoms with E-state index in [4.69, 9.17) is 9.15 Å². The van der Waals surface area contributed by atoms with Crippen LogP contribution in [0.5, 0.6) is 5.75 Å². The minimum absolute atomic E-state index is 0.247. The lowest BCUT2D eigenvalue weighted by molar-refractivity contribution is -0.137. The van der Waals surface area contributed by atoms with Crippen LogP contribution in [-0.2, 0) is 12.7 Å². The number of furan rings is 1. The molecule has 0 amide bonds. The Morgan fingerprint density at radius 1 is 1.23 bits per heavy atom. The Bertz CT molecular complexity index is 661. The fraction of sp³-hybridized carbons (Fsp3) is 0.375. The summed E-state index contributed by atoms with van der Waals surface area (Å²) in [5, 5.41) is 0. The largest absolute Gasteiger partial charge is 0.484 e. The molecular formula is C16H16F3NO2. The van der Waals surface area contributed by atoms with Gasteiger partial charge in [0.2, 0.25) is 0 Å². The van der Waals surface area contributed by atoms with Crippen LogP contribution in [0.1, 0.15) is 28.8 Å². The molecule has 0 N–H and O–H groups in total. The molecule has 1 atom stereocenters. The molecule has 0 saturated heterocycles. The molecule has 0 radical (unpaired) electrons. The van der Waals surface area contributed by atoms with Crippen molar-refractivity contribution in [3.05, 3.63) is 53.0 Å². The van der Waals surface area contributed by atoms with Crippen LogP contribution >= 0.6 is 0 Å². The van der Waals surface area contributed by atoms with Crippen molar-refractivity contribution in [2.45, 2.75) is 25.7 Å². The summed E-state index contributed by atoms with van der Waals surface area (Å²) in [7, 11) is 1.95. The van der Waals surface area contributed by atoms with Gasteiger partial charge in [-0.2, -0.15) is 13.2 Å². The van der Waals surface area contributed by atoms with E-state index in [1.54, 1.807) is 0 Å². The monoisotopic (exact) mass is 311 g/mol. The summed E-state index contributed by atoms with van der Waals surface area (Å²) in [6.45, 7) is 3.23. The molecule has 2 heterocycles. The first-order chi connectivity index (χ1) is 10.3. The Balaban J connectivity index is 1.81. The Hall–Kier alpha value is -1.95. The first-order valence-electron chi connectivity index (χ1n) is 6.94. The van der Waals surface area contributed by atoms with Gasteiger partial charge in [0.15, 0.2) is 0 Å². The molecule has 3 rings (SSSR count). The van der Waals surface area contributed by atoms with Gasteiger partial charge in [0.1, 0.15) is 23.4 Å². The van der Waals surface area contributed by atoms with Crippen molar-refractivity contribution in [3.63, 3.8) is 0 Å². The van der Waals surface area contributed by atoms with Crippen LogP contribution in [0.4, 0.5) is 13.2 Å². The maximum Gasteiger partial charge on any atom is 0.416 e. The Labute approximate surface area is 126 Å². The van der Waals surface area contributed by atoms with Crippen molar-refractivity contribution >= 4 is 0 Å². The molecule has 0 saturated carbocycles. The molecule has 1 unspecified atom stereocenters. The molecule has 2 aromatic rings. The number of halogens is 3. The molecule has 3 nitrogen and oxygen atoms in total. The summed E-state index contributed by atoms with van der Waals surface area (Å²) < 4.78 is 49.2. The lowest BCUT2D eigenvalue weighted by Gasteiger charge is -2.29.